The molecule has 1 aromatic heterocycles. The van der Waals surface area contributed by atoms with Gasteiger partial charge in [-0.25, -0.2) is 8.42 Å². The minimum absolute atomic E-state index is 0.0554. The fraction of sp³-hybridized carbons (Fsp3) is 0.471. The fourth-order valence-electron chi connectivity index (χ4n) is 3.41. The fourth-order valence-corrected chi connectivity index (χ4v) is 4.30. The Balaban J connectivity index is 2.21. The molecule has 0 radical (unpaired) electrons. The Kier molecular flexibility index (Phi) is 4.07. The third-order valence-corrected chi connectivity index (χ3v) is 5.44. The number of nitrogens with zero attached hydrogens (tertiary/aromatic N) is 1. The molecule has 1 aliphatic heterocycles. The van der Waals surface area contributed by atoms with Crippen molar-refractivity contribution in [1.82, 2.24) is 4.57 Å². The molecule has 1 aromatic carbocycles. The highest BCUT2D eigenvalue weighted by atomic mass is 32.2. The van der Waals surface area contributed by atoms with Crippen LogP contribution in [-0.4, -0.2) is 36.4 Å². The number of benzene rings is 1. The molecule has 1 atom stereocenters. The molecule has 0 aliphatic carbocycles. The molecule has 2 heterocycles. The molecule has 1 N–H and O–H groups in total. The van der Waals surface area contributed by atoms with Gasteiger partial charge in [-0.05, 0) is 32.4 Å². The molecular formula is C17H21NO5S. The van der Waals surface area contributed by atoms with Gasteiger partial charge in [-0.3, -0.25) is 4.79 Å². The first-order valence-electron chi connectivity index (χ1n) is 7.92. The van der Waals surface area contributed by atoms with E-state index in [0.29, 0.717) is 17.7 Å². The van der Waals surface area contributed by atoms with E-state index in [9.17, 15) is 13.2 Å². The second-order valence-electron chi connectivity index (χ2n) is 6.60. The first kappa shape index (κ1) is 16.8. The van der Waals surface area contributed by atoms with Crippen molar-refractivity contribution in [3.05, 3.63) is 23.9 Å². The maximum atomic E-state index is 12.2. The number of aryl methyl sites for hydroxylation is 1. The van der Waals surface area contributed by atoms with Gasteiger partial charge in [0.05, 0.1) is 22.9 Å². The van der Waals surface area contributed by atoms with Crippen LogP contribution in [0.4, 0.5) is 0 Å². The monoisotopic (exact) mass is 351 g/mol. The maximum Gasteiger partial charge on any atom is 0.304 e. The van der Waals surface area contributed by atoms with E-state index in [2.05, 4.69) is 0 Å². The standard InChI is InChI=1S/C17H21NO5S/c1-10(2)23-12-7-15-13(16(8-12)24(3,21)22)9-14-11(6-17(19)20)4-5-18(14)15/h7-11H,4-6H2,1-3H3,(H,19,20). The molecule has 0 saturated heterocycles. The van der Waals surface area contributed by atoms with Gasteiger partial charge in [-0.1, -0.05) is 0 Å². The molecule has 6 nitrogen and oxygen atoms in total. The number of carbonyl (C=O) groups is 1. The summed E-state index contributed by atoms with van der Waals surface area (Å²) >= 11 is 0. The molecule has 0 bridgehead atoms. The van der Waals surface area contributed by atoms with E-state index in [1.807, 2.05) is 30.5 Å². The molecule has 0 saturated carbocycles. The summed E-state index contributed by atoms with van der Waals surface area (Å²) in [7, 11) is -3.43. The molecular weight excluding hydrogens is 330 g/mol. The number of aromatic nitrogens is 1. The van der Waals surface area contributed by atoms with Crippen LogP contribution in [0, 0.1) is 0 Å². The van der Waals surface area contributed by atoms with Crippen LogP contribution in [0.25, 0.3) is 10.9 Å². The SMILES string of the molecule is CC(C)Oc1cc(S(C)(=O)=O)c2cc3n(c2c1)CCC3CC(=O)O. The molecule has 2 aromatic rings. The van der Waals surface area contributed by atoms with E-state index in [0.717, 1.165) is 17.6 Å². The first-order valence-corrected chi connectivity index (χ1v) is 9.81. The molecule has 7 heteroatoms. The third-order valence-electron chi connectivity index (χ3n) is 4.30. The molecule has 130 valence electrons. The number of sulfone groups is 1. The van der Waals surface area contributed by atoms with Gasteiger partial charge < -0.3 is 14.4 Å². The Morgan fingerprint density at radius 3 is 2.67 bits per heavy atom. The van der Waals surface area contributed by atoms with E-state index in [1.54, 1.807) is 6.07 Å². The van der Waals surface area contributed by atoms with E-state index >= 15 is 0 Å². The number of carboxylic acids is 1. The first-order chi connectivity index (χ1) is 11.2. The molecule has 1 unspecified atom stereocenters. The zero-order valence-corrected chi connectivity index (χ0v) is 14.8. The van der Waals surface area contributed by atoms with Crippen LogP contribution in [0.2, 0.25) is 0 Å². The van der Waals surface area contributed by atoms with E-state index in [4.69, 9.17) is 9.84 Å². The summed E-state index contributed by atoms with van der Waals surface area (Å²) in [4.78, 5) is 11.3. The number of ether oxygens (including phenoxy) is 1. The van der Waals surface area contributed by atoms with Crippen LogP contribution in [-0.2, 0) is 21.2 Å². The van der Waals surface area contributed by atoms with Gasteiger partial charge in [0, 0.05) is 35.9 Å². The summed E-state index contributed by atoms with van der Waals surface area (Å²) < 4.78 is 32.1. The topological polar surface area (TPSA) is 85.6 Å². The summed E-state index contributed by atoms with van der Waals surface area (Å²) in [5.41, 5.74) is 1.68. The van der Waals surface area contributed by atoms with Crippen molar-refractivity contribution in [2.75, 3.05) is 6.26 Å². The van der Waals surface area contributed by atoms with Gasteiger partial charge in [0.25, 0.3) is 0 Å². The van der Waals surface area contributed by atoms with Crippen LogP contribution >= 0.6 is 0 Å². The summed E-state index contributed by atoms with van der Waals surface area (Å²) in [6.45, 7) is 4.46. The van der Waals surface area contributed by atoms with Crippen molar-refractivity contribution in [3.8, 4) is 5.75 Å². The lowest BCUT2D eigenvalue weighted by molar-refractivity contribution is -0.137. The summed E-state index contributed by atoms with van der Waals surface area (Å²) in [5.74, 6) is -0.414. The maximum absolute atomic E-state index is 12.2. The van der Waals surface area contributed by atoms with Crippen molar-refractivity contribution in [3.63, 3.8) is 0 Å². The Labute approximate surface area is 141 Å². The second-order valence-corrected chi connectivity index (χ2v) is 8.58. The van der Waals surface area contributed by atoms with Gasteiger partial charge in [0.15, 0.2) is 9.84 Å². The van der Waals surface area contributed by atoms with Crippen LogP contribution in [0.5, 0.6) is 5.75 Å². The van der Waals surface area contributed by atoms with Crippen LogP contribution in [0.1, 0.15) is 38.3 Å². The van der Waals surface area contributed by atoms with Gasteiger partial charge in [-0.15, -0.1) is 0 Å². The van der Waals surface area contributed by atoms with E-state index in [-0.39, 0.29) is 23.3 Å². The van der Waals surface area contributed by atoms with Crippen molar-refractivity contribution in [2.45, 2.75) is 50.2 Å². The number of fused-ring (bicyclic) bond motifs is 3. The Bertz CT molecular complexity index is 911. The van der Waals surface area contributed by atoms with Gasteiger partial charge >= 0.3 is 5.97 Å². The molecule has 1 aliphatic rings. The quantitative estimate of drug-likeness (QED) is 0.895. The largest absolute Gasteiger partial charge is 0.491 e. The lowest BCUT2D eigenvalue weighted by Crippen LogP contribution is -2.07. The smallest absolute Gasteiger partial charge is 0.304 e. The zero-order chi connectivity index (χ0) is 17.6. The zero-order valence-electron chi connectivity index (χ0n) is 13.9. The second kappa shape index (κ2) is 5.81. The number of hydrogen-bond donors (Lipinski definition) is 1. The average molecular weight is 351 g/mol. The van der Waals surface area contributed by atoms with E-state index in [1.165, 1.54) is 6.26 Å². The summed E-state index contributed by atoms with van der Waals surface area (Å²) in [6, 6.07) is 5.22. The Morgan fingerprint density at radius 2 is 2.08 bits per heavy atom. The predicted octanol–water partition coefficient (Wildman–Crippen LogP) is 2.79. The van der Waals surface area contributed by atoms with Crippen molar-refractivity contribution in [1.29, 1.82) is 0 Å². The molecule has 0 amide bonds. The number of rotatable bonds is 5. The van der Waals surface area contributed by atoms with Gasteiger partial charge in [0.1, 0.15) is 5.75 Å². The van der Waals surface area contributed by atoms with Gasteiger partial charge in [-0.2, -0.15) is 0 Å². The normalized spacial score (nSPS) is 17.4. The highest BCUT2D eigenvalue weighted by molar-refractivity contribution is 7.91. The lowest BCUT2D eigenvalue weighted by Gasteiger charge is -2.12. The summed E-state index contributed by atoms with van der Waals surface area (Å²) in [5, 5.41) is 9.71. The highest BCUT2D eigenvalue weighted by Gasteiger charge is 2.29. The number of hydrogen-bond acceptors (Lipinski definition) is 4. The molecule has 0 fully saturated rings. The van der Waals surface area contributed by atoms with Crippen LogP contribution in [0.15, 0.2) is 23.1 Å². The van der Waals surface area contributed by atoms with Crippen molar-refractivity contribution in [2.24, 2.45) is 0 Å². The Morgan fingerprint density at radius 1 is 1.38 bits per heavy atom. The number of aliphatic carboxylic acids is 1. The highest BCUT2D eigenvalue weighted by Crippen LogP contribution is 2.40. The van der Waals surface area contributed by atoms with Crippen LogP contribution < -0.4 is 4.74 Å². The molecule has 0 spiro atoms. The van der Waals surface area contributed by atoms with Gasteiger partial charge in [0.2, 0.25) is 0 Å². The molecule has 3 rings (SSSR count). The van der Waals surface area contributed by atoms with Crippen molar-refractivity contribution >= 4 is 26.7 Å². The minimum Gasteiger partial charge on any atom is -0.491 e. The van der Waals surface area contributed by atoms with Crippen LogP contribution in [0.3, 0.4) is 0 Å². The summed E-state index contributed by atoms with van der Waals surface area (Å²) in [6.07, 6.45) is 1.92. The van der Waals surface area contributed by atoms with Crippen molar-refractivity contribution < 1.29 is 23.1 Å². The van der Waals surface area contributed by atoms with E-state index < -0.39 is 15.8 Å². The third kappa shape index (κ3) is 3.00. The minimum atomic E-state index is -3.43. The lowest BCUT2D eigenvalue weighted by atomic mass is 10.0. The average Bonchev–Trinajstić information content (AvgIpc) is 2.96. The molecule has 24 heavy (non-hydrogen) atoms. The predicted molar refractivity (Wildman–Crippen MR) is 90.4 cm³/mol. The number of carboxylic acid groups (broad SMARTS) is 1. The Hall–Kier alpha value is -2.02.